The van der Waals surface area contributed by atoms with Gasteiger partial charge in [-0.2, -0.15) is 0 Å². The molecule has 0 spiro atoms. The van der Waals surface area contributed by atoms with Gasteiger partial charge in [0.15, 0.2) is 0 Å². The van der Waals surface area contributed by atoms with Crippen molar-refractivity contribution in [1.82, 2.24) is 0 Å². The first-order chi connectivity index (χ1) is 10.6. The molecule has 3 nitrogen and oxygen atoms in total. The highest BCUT2D eigenvalue weighted by Crippen LogP contribution is 2.35. The van der Waals surface area contributed by atoms with Crippen LogP contribution in [0.15, 0.2) is 46.2 Å². The molecule has 2 rings (SSSR count). The molecule has 0 heterocycles. The first-order valence-corrected chi connectivity index (χ1v) is 8.02. The molecule has 0 aliphatic rings. The van der Waals surface area contributed by atoms with Crippen LogP contribution < -0.4 is 0 Å². The molecule has 0 aliphatic heterocycles. The molecule has 0 saturated carbocycles. The molecule has 0 aliphatic carbocycles. The molecule has 114 valence electrons. The fourth-order valence-corrected chi connectivity index (χ4v) is 3.33. The van der Waals surface area contributed by atoms with Gasteiger partial charge in [0, 0.05) is 15.4 Å². The summed E-state index contributed by atoms with van der Waals surface area (Å²) in [6, 6.07) is 11.0. The summed E-state index contributed by atoms with van der Waals surface area (Å²) in [5.74, 6) is -0.906. The quantitative estimate of drug-likeness (QED) is 0.799. The van der Waals surface area contributed by atoms with Crippen LogP contribution in [0.5, 0.6) is 0 Å². The van der Waals surface area contributed by atoms with Crippen molar-refractivity contribution in [1.29, 1.82) is 0 Å². The maximum atomic E-state index is 11.6. The molecule has 22 heavy (non-hydrogen) atoms. The van der Waals surface area contributed by atoms with Gasteiger partial charge in [-0.3, -0.25) is 4.79 Å². The van der Waals surface area contributed by atoms with E-state index >= 15 is 0 Å². The number of rotatable bonds is 6. The van der Waals surface area contributed by atoms with Gasteiger partial charge in [0.25, 0.3) is 0 Å². The molecular formula is C18H18O3S. The summed E-state index contributed by atoms with van der Waals surface area (Å²) >= 11 is 1.44. The summed E-state index contributed by atoms with van der Waals surface area (Å²) in [7, 11) is 0. The Morgan fingerprint density at radius 2 is 1.82 bits per heavy atom. The second-order valence-corrected chi connectivity index (χ2v) is 6.02. The van der Waals surface area contributed by atoms with E-state index in [0.717, 1.165) is 40.0 Å². The summed E-state index contributed by atoms with van der Waals surface area (Å²) in [5, 5.41) is 9.51. The highest BCUT2D eigenvalue weighted by molar-refractivity contribution is 7.99. The molecule has 0 aromatic heterocycles. The van der Waals surface area contributed by atoms with Crippen LogP contribution in [0.3, 0.4) is 0 Å². The minimum absolute atomic E-state index is 0.348. The van der Waals surface area contributed by atoms with Crippen LogP contribution in [0.4, 0.5) is 0 Å². The molecule has 0 atom stereocenters. The summed E-state index contributed by atoms with van der Waals surface area (Å²) in [4.78, 5) is 24.0. The molecule has 0 saturated heterocycles. The Kier molecular flexibility index (Phi) is 5.39. The number of hydrogen-bond donors (Lipinski definition) is 1. The zero-order valence-corrected chi connectivity index (χ0v) is 13.4. The number of carboxylic acid groups (broad SMARTS) is 1. The van der Waals surface area contributed by atoms with E-state index in [2.05, 4.69) is 6.07 Å². The minimum Gasteiger partial charge on any atom is -0.478 e. The van der Waals surface area contributed by atoms with Crippen molar-refractivity contribution in [3.8, 4) is 0 Å². The van der Waals surface area contributed by atoms with Crippen molar-refractivity contribution in [2.24, 2.45) is 0 Å². The number of aldehydes is 1. The van der Waals surface area contributed by atoms with E-state index in [4.69, 9.17) is 0 Å². The van der Waals surface area contributed by atoms with Gasteiger partial charge in [0.2, 0.25) is 0 Å². The number of aryl methyl sites for hydroxylation is 2. The van der Waals surface area contributed by atoms with Gasteiger partial charge >= 0.3 is 5.97 Å². The topological polar surface area (TPSA) is 54.4 Å². The van der Waals surface area contributed by atoms with Crippen molar-refractivity contribution < 1.29 is 14.7 Å². The van der Waals surface area contributed by atoms with Crippen LogP contribution in [-0.2, 0) is 12.8 Å². The van der Waals surface area contributed by atoms with Crippen LogP contribution in [0.2, 0.25) is 0 Å². The lowest BCUT2D eigenvalue weighted by atomic mass is 10.0. The van der Waals surface area contributed by atoms with E-state index in [-0.39, 0.29) is 0 Å². The average molecular weight is 314 g/mol. The lowest BCUT2D eigenvalue weighted by Gasteiger charge is -2.13. The third-order valence-corrected chi connectivity index (χ3v) is 4.68. The largest absolute Gasteiger partial charge is 0.478 e. The number of carboxylic acids is 1. The molecule has 0 amide bonds. The first kappa shape index (κ1) is 16.3. The molecule has 0 fully saturated rings. The Morgan fingerprint density at radius 1 is 1.14 bits per heavy atom. The van der Waals surface area contributed by atoms with E-state index in [0.29, 0.717) is 11.1 Å². The zero-order chi connectivity index (χ0) is 16.1. The van der Waals surface area contributed by atoms with Crippen LogP contribution in [0.25, 0.3) is 0 Å². The highest BCUT2D eigenvalue weighted by Gasteiger charge is 2.16. The van der Waals surface area contributed by atoms with E-state index in [9.17, 15) is 14.7 Å². The van der Waals surface area contributed by atoms with Gasteiger partial charge in [-0.15, -0.1) is 0 Å². The maximum absolute atomic E-state index is 11.6. The number of benzene rings is 2. The lowest BCUT2D eigenvalue weighted by Crippen LogP contribution is -2.03. The summed E-state index contributed by atoms with van der Waals surface area (Å²) < 4.78 is 0. The predicted molar refractivity (Wildman–Crippen MR) is 88.1 cm³/mol. The molecular weight excluding hydrogens is 296 g/mol. The van der Waals surface area contributed by atoms with Crippen LogP contribution in [0.1, 0.15) is 45.7 Å². The maximum Gasteiger partial charge on any atom is 0.336 e. The average Bonchev–Trinajstić information content (AvgIpc) is 2.55. The zero-order valence-electron chi connectivity index (χ0n) is 12.6. The van der Waals surface area contributed by atoms with E-state index < -0.39 is 5.97 Å². The Bertz CT molecular complexity index is 690. The SMILES string of the molecule is CCc1cc(CC)c(Sc2ccc(C=O)cc2)c(C(=O)O)c1. The van der Waals surface area contributed by atoms with Crippen molar-refractivity contribution >= 4 is 24.0 Å². The fraction of sp³-hybridized carbons (Fsp3) is 0.222. The summed E-state index contributed by atoms with van der Waals surface area (Å²) in [6.45, 7) is 4.05. The molecule has 2 aromatic rings. The molecule has 0 unspecified atom stereocenters. The lowest BCUT2D eigenvalue weighted by molar-refractivity contribution is 0.0692. The number of carbonyl (C=O) groups is 2. The Labute approximate surface area is 134 Å². The number of aromatic carboxylic acids is 1. The number of carbonyl (C=O) groups excluding carboxylic acids is 1. The smallest absolute Gasteiger partial charge is 0.336 e. The van der Waals surface area contributed by atoms with Gasteiger partial charge < -0.3 is 5.11 Å². The van der Waals surface area contributed by atoms with Gasteiger partial charge in [0.05, 0.1) is 5.56 Å². The standard InChI is InChI=1S/C18H18O3S/c1-3-12-9-14(4-2)17(16(10-12)18(20)21)22-15-7-5-13(11-19)6-8-15/h5-11H,3-4H2,1-2H3,(H,20,21). The highest BCUT2D eigenvalue weighted by atomic mass is 32.2. The van der Waals surface area contributed by atoms with Gasteiger partial charge in [-0.1, -0.05) is 43.8 Å². The van der Waals surface area contributed by atoms with Crippen LogP contribution in [0, 0.1) is 0 Å². The third-order valence-electron chi connectivity index (χ3n) is 3.48. The van der Waals surface area contributed by atoms with Crippen molar-refractivity contribution in [2.45, 2.75) is 36.5 Å². The first-order valence-electron chi connectivity index (χ1n) is 7.21. The van der Waals surface area contributed by atoms with Crippen molar-refractivity contribution in [2.75, 3.05) is 0 Å². The molecule has 2 aromatic carbocycles. The summed E-state index contributed by atoms with van der Waals surface area (Å²) in [5.41, 5.74) is 3.04. The Morgan fingerprint density at radius 3 is 2.32 bits per heavy atom. The van der Waals surface area contributed by atoms with Crippen LogP contribution in [-0.4, -0.2) is 17.4 Å². The molecule has 4 heteroatoms. The Balaban J connectivity index is 2.47. The predicted octanol–water partition coefficient (Wildman–Crippen LogP) is 4.47. The van der Waals surface area contributed by atoms with Gasteiger partial charge in [-0.25, -0.2) is 4.79 Å². The number of hydrogen-bond acceptors (Lipinski definition) is 3. The van der Waals surface area contributed by atoms with E-state index in [1.807, 2.05) is 26.0 Å². The Hall–Kier alpha value is -2.07. The second-order valence-electron chi connectivity index (χ2n) is 4.93. The van der Waals surface area contributed by atoms with E-state index in [1.54, 1.807) is 18.2 Å². The van der Waals surface area contributed by atoms with Crippen molar-refractivity contribution in [3.05, 3.63) is 58.7 Å². The third kappa shape index (κ3) is 3.57. The van der Waals surface area contributed by atoms with Gasteiger partial charge in [0.1, 0.15) is 6.29 Å². The van der Waals surface area contributed by atoms with Gasteiger partial charge in [-0.05, 0) is 42.2 Å². The van der Waals surface area contributed by atoms with Crippen molar-refractivity contribution in [3.63, 3.8) is 0 Å². The fourth-order valence-electron chi connectivity index (χ4n) is 2.23. The monoisotopic (exact) mass is 314 g/mol. The molecule has 0 radical (unpaired) electrons. The second kappa shape index (κ2) is 7.27. The molecule has 0 bridgehead atoms. The summed E-state index contributed by atoms with van der Waals surface area (Å²) in [6.07, 6.45) is 2.39. The minimum atomic E-state index is -0.906. The van der Waals surface area contributed by atoms with E-state index in [1.165, 1.54) is 11.8 Å². The van der Waals surface area contributed by atoms with Crippen LogP contribution >= 0.6 is 11.8 Å². The normalized spacial score (nSPS) is 10.5. The molecule has 1 N–H and O–H groups in total.